The molecular weight excluding hydrogens is 342 g/mol. The van der Waals surface area contributed by atoms with E-state index < -0.39 is 0 Å². The highest BCUT2D eigenvalue weighted by Gasteiger charge is 2.14. The minimum absolute atomic E-state index is 0.0606. The predicted molar refractivity (Wildman–Crippen MR) is 108 cm³/mol. The van der Waals surface area contributed by atoms with E-state index in [4.69, 9.17) is 9.47 Å². The van der Waals surface area contributed by atoms with Crippen LogP contribution in [-0.4, -0.2) is 58.3 Å². The zero-order valence-electron chi connectivity index (χ0n) is 16.2. The molecule has 1 aliphatic rings. The Labute approximate surface area is 160 Å². The molecule has 0 aliphatic carbocycles. The number of nitrogens with one attached hydrogen (secondary N) is 1. The number of hydrogen-bond acceptors (Lipinski definition) is 5. The number of methoxy groups -OCH3 is 2. The lowest BCUT2D eigenvalue weighted by Gasteiger charge is -2.34. The van der Waals surface area contributed by atoms with Crippen molar-refractivity contribution < 1.29 is 14.3 Å². The van der Waals surface area contributed by atoms with E-state index in [0.717, 1.165) is 37.4 Å². The zero-order valence-corrected chi connectivity index (χ0v) is 16.2. The molecule has 1 aliphatic heterocycles. The van der Waals surface area contributed by atoms with Crippen molar-refractivity contribution in [2.75, 3.05) is 57.7 Å². The van der Waals surface area contributed by atoms with Crippen LogP contribution in [0.3, 0.4) is 0 Å². The number of nitrogens with zero attached hydrogens (tertiary/aromatic N) is 2. The van der Waals surface area contributed by atoms with E-state index in [9.17, 15) is 4.79 Å². The van der Waals surface area contributed by atoms with Crippen LogP contribution in [0, 0.1) is 0 Å². The van der Waals surface area contributed by atoms with Crippen LogP contribution in [0.4, 0.5) is 11.4 Å². The molecule has 2 aromatic carbocycles. The van der Waals surface area contributed by atoms with Gasteiger partial charge in [0.05, 0.1) is 20.6 Å². The van der Waals surface area contributed by atoms with Gasteiger partial charge in [-0.3, -0.25) is 4.79 Å². The molecule has 2 aromatic rings. The highest BCUT2D eigenvalue weighted by molar-refractivity contribution is 5.92. The van der Waals surface area contributed by atoms with Gasteiger partial charge < -0.3 is 24.6 Å². The summed E-state index contributed by atoms with van der Waals surface area (Å²) in [7, 11) is 5.33. The molecule has 6 heteroatoms. The summed E-state index contributed by atoms with van der Waals surface area (Å²) < 4.78 is 10.5. The van der Waals surface area contributed by atoms with Crippen molar-refractivity contribution in [3.05, 3.63) is 48.0 Å². The maximum absolute atomic E-state index is 12.4. The smallest absolute Gasteiger partial charge is 0.228 e. The summed E-state index contributed by atoms with van der Waals surface area (Å²) in [6.07, 6.45) is 0.278. The summed E-state index contributed by atoms with van der Waals surface area (Å²) in [6, 6.07) is 13.6. The average molecular weight is 369 g/mol. The highest BCUT2D eigenvalue weighted by Crippen LogP contribution is 2.28. The standard InChI is InChI=1S/C21H27N3O3/c1-23-10-12-24(13-11-23)18-7-5-17(6-8-18)22-21(25)15-16-4-9-19(26-2)20(14-16)27-3/h4-9,14H,10-13,15H2,1-3H3,(H,22,25). The van der Waals surface area contributed by atoms with Gasteiger partial charge in [0.1, 0.15) is 0 Å². The van der Waals surface area contributed by atoms with E-state index in [1.54, 1.807) is 14.2 Å². The maximum atomic E-state index is 12.4. The third-order valence-electron chi connectivity index (χ3n) is 4.83. The van der Waals surface area contributed by atoms with Gasteiger partial charge in [0.15, 0.2) is 11.5 Å². The van der Waals surface area contributed by atoms with Crippen LogP contribution in [0.15, 0.2) is 42.5 Å². The summed E-state index contributed by atoms with van der Waals surface area (Å²) >= 11 is 0. The number of hydrogen-bond donors (Lipinski definition) is 1. The molecule has 1 heterocycles. The van der Waals surface area contributed by atoms with Gasteiger partial charge in [-0.05, 0) is 49.0 Å². The van der Waals surface area contributed by atoms with Gasteiger partial charge in [-0.15, -0.1) is 0 Å². The first kappa shape index (κ1) is 19.0. The fraction of sp³-hybridized carbons (Fsp3) is 0.381. The van der Waals surface area contributed by atoms with Crippen molar-refractivity contribution in [1.29, 1.82) is 0 Å². The Balaban J connectivity index is 1.58. The molecule has 0 aromatic heterocycles. The lowest BCUT2D eigenvalue weighted by atomic mass is 10.1. The third-order valence-corrected chi connectivity index (χ3v) is 4.83. The van der Waals surface area contributed by atoms with Crippen LogP contribution >= 0.6 is 0 Å². The Morgan fingerprint density at radius 2 is 1.63 bits per heavy atom. The molecule has 3 rings (SSSR count). The Bertz CT molecular complexity index is 769. The van der Waals surface area contributed by atoms with E-state index in [2.05, 4.69) is 34.3 Å². The molecule has 0 spiro atoms. The number of amides is 1. The van der Waals surface area contributed by atoms with E-state index in [1.165, 1.54) is 5.69 Å². The van der Waals surface area contributed by atoms with Crippen molar-refractivity contribution in [2.24, 2.45) is 0 Å². The second kappa shape index (κ2) is 8.77. The van der Waals surface area contributed by atoms with Gasteiger partial charge in [-0.25, -0.2) is 0 Å². The summed E-state index contributed by atoms with van der Waals surface area (Å²) in [6.45, 7) is 4.20. The SMILES string of the molecule is COc1ccc(CC(=O)Nc2ccc(N3CCN(C)CC3)cc2)cc1OC. The number of likely N-dealkylation sites (N-methyl/N-ethyl adjacent to an activating group) is 1. The van der Waals surface area contributed by atoms with Gasteiger partial charge in [0.2, 0.25) is 5.91 Å². The van der Waals surface area contributed by atoms with Crippen LogP contribution in [0.5, 0.6) is 11.5 Å². The van der Waals surface area contributed by atoms with E-state index in [-0.39, 0.29) is 12.3 Å². The lowest BCUT2D eigenvalue weighted by Crippen LogP contribution is -2.44. The van der Waals surface area contributed by atoms with Crippen molar-refractivity contribution in [1.82, 2.24) is 4.90 Å². The molecule has 0 unspecified atom stereocenters. The number of rotatable bonds is 6. The van der Waals surface area contributed by atoms with Crippen LogP contribution < -0.4 is 19.7 Å². The molecule has 1 N–H and O–H groups in total. The number of carbonyl (C=O) groups excluding carboxylic acids is 1. The van der Waals surface area contributed by atoms with Crippen LogP contribution in [-0.2, 0) is 11.2 Å². The Hall–Kier alpha value is -2.73. The molecular formula is C21H27N3O3. The van der Waals surface area contributed by atoms with Crippen molar-refractivity contribution in [3.63, 3.8) is 0 Å². The number of carbonyl (C=O) groups is 1. The quantitative estimate of drug-likeness (QED) is 0.848. The first-order valence-corrected chi connectivity index (χ1v) is 9.13. The molecule has 0 bridgehead atoms. The fourth-order valence-corrected chi connectivity index (χ4v) is 3.20. The third kappa shape index (κ3) is 4.92. The summed E-state index contributed by atoms with van der Waals surface area (Å²) in [5.41, 5.74) is 2.87. The van der Waals surface area contributed by atoms with Gasteiger partial charge in [0, 0.05) is 37.6 Å². The molecule has 1 fully saturated rings. The van der Waals surface area contributed by atoms with Crippen molar-refractivity contribution in [3.8, 4) is 11.5 Å². The largest absolute Gasteiger partial charge is 0.493 e. The monoisotopic (exact) mass is 369 g/mol. The molecule has 144 valence electrons. The molecule has 0 atom stereocenters. The number of ether oxygens (including phenoxy) is 2. The van der Waals surface area contributed by atoms with E-state index in [1.807, 2.05) is 30.3 Å². The lowest BCUT2D eigenvalue weighted by molar-refractivity contribution is -0.115. The van der Waals surface area contributed by atoms with Gasteiger partial charge in [-0.2, -0.15) is 0 Å². The van der Waals surface area contributed by atoms with E-state index in [0.29, 0.717) is 11.5 Å². The molecule has 0 radical (unpaired) electrons. The van der Waals surface area contributed by atoms with Crippen LogP contribution in [0.2, 0.25) is 0 Å². The minimum Gasteiger partial charge on any atom is -0.493 e. The average Bonchev–Trinajstić information content (AvgIpc) is 2.69. The molecule has 0 saturated carbocycles. The number of piperazine rings is 1. The Morgan fingerprint density at radius 1 is 0.963 bits per heavy atom. The zero-order chi connectivity index (χ0) is 19.2. The highest BCUT2D eigenvalue weighted by atomic mass is 16.5. The minimum atomic E-state index is -0.0606. The normalized spacial score (nSPS) is 14.7. The van der Waals surface area contributed by atoms with Gasteiger partial charge in [0.25, 0.3) is 0 Å². The van der Waals surface area contributed by atoms with Gasteiger partial charge >= 0.3 is 0 Å². The first-order chi connectivity index (χ1) is 13.1. The molecule has 27 heavy (non-hydrogen) atoms. The number of benzene rings is 2. The molecule has 6 nitrogen and oxygen atoms in total. The van der Waals surface area contributed by atoms with Crippen molar-refractivity contribution in [2.45, 2.75) is 6.42 Å². The molecule has 1 amide bonds. The van der Waals surface area contributed by atoms with Crippen LogP contribution in [0.25, 0.3) is 0 Å². The second-order valence-corrected chi connectivity index (χ2v) is 6.75. The Morgan fingerprint density at radius 3 is 2.26 bits per heavy atom. The Kier molecular flexibility index (Phi) is 6.19. The fourth-order valence-electron chi connectivity index (χ4n) is 3.20. The maximum Gasteiger partial charge on any atom is 0.228 e. The number of anilines is 2. The second-order valence-electron chi connectivity index (χ2n) is 6.75. The van der Waals surface area contributed by atoms with E-state index >= 15 is 0 Å². The van der Waals surface area contributed by atoms with Crippen LogP contribution in [0.1, 0.15) is 5.56 Å². The van der Waals surface area contributed by atoms with Crippen molar-refractivity contribution >= 4 is 17.3 Å². The summed E-state index contributed by atoms with van der Waals surface area (Å²) in [5.74, 6) is 1.22. The first-order valence-electron chi connectivity index (χ1n) is 9.13. The summed E-state index contributed by atoms with van der Waals surface area (Å²) in [5, 5.41) is 2.96. The predicted octanol–water partition coefficient (Wildman–Crippen LogP) is 2.64. The molecule has 1 saturated heterocycles. The summed E-state index contributed by atoms with van der Waals surface area (Å²) in [4.78, 5) is 17.1. The topological polar surface area (TPSA) is 54.0 Å². The van der Waals surface area contributed by atoms with Gasteiger partial charge in [-0.1, -0.05) is 6.07 Å².